The Bertz CT molecular complexity index is 1200. The zero-order valence-electron chi connectivity index (χ0n) is 15.8. The van der Waals surface area contributed by atoms with Crippen LogP contribution in [0.1, 0.15) is 28.9 Å². The van der Waals surface area contributed by atoms with E-state index in [1.165, 1.54) is 4.31 Å². The van der Waals surface area contributed by atoms with E-state index < -0.39 is 10.0 Å². The summed E-state index contributed by atoms with van der Waals surface area (Å²) in [5.74, 6) is 0.971. The maximum Gasteiger partial charge on any atom is 0.214 e. The average Bonchev–Trinajstić information content (AvgIpc) is 3.11. The number of nitrogens with zero attached hydrogens (tertiary/aromatic N) is 4. The van der Waals surface area contributed by atoms with Crippen LogP contribution in [0, 0.1) is 6.92 Å². The van der Waals surface area contributed by atoms with Crippen LogP contribution in [0.4, 0.5) is 5.82 Å². The van der Waals surface area contributed by atoms with E-state index in [9.17, 15) is 8.42 Å². The van der Waals surface area contributed by atoms with Gasteiger partial charge >= 0.3 is 0 Å². The Morgan fingerprint density at radius 2 is 2.14 bits per heavy atom. The van der Waals surface area contributed by atoms with Crippen LogP contribution in [-0.2, 0) is 10.0 Å². The summed E-state index contributed by atoms with van der Waals surface area (Å²) in [6, 6.07) is 5.97. The molecule has 1 aromatic carbocycles. The van der Waals surface area contributed by atoms with Crippen molar-refractivity contribution in [2.45, 2.75) is 20.3 Å². The number of imidazole rings is 1. The maximum absolute atomic E-state index is 12.0. The first-order valence-corrected chi connectivity index (χ1v) is 10.7. The van der Waals surface area contributed by atoms with E-state index in [1.807, 2.05) is 31.2 Å². The first-order chi connectivity index (χ1) is 13.4. The molecule has 1 aliphatic rings. The molecule has 4 rings (SSSR count). The number of aromatic nitrogens is 4. The number of H-pyrrole nitrogens is 1. The maximum atomic E-state index is 12.0. The first-order valence-electron chi connectivity index (χ1n) is 9.14. The lowest BCUT2D eigenvalue weighted by molar-refractivity contribution is 0.442. The van der Waals surface area contributed by atoms with E-state index in [2.05, 4.69) is 19.9 Å². The number of nitrogen functional groups attached to an aromatic ring is 1. The highest BCUT2D eigenvalue weighted by molar-refractivity contribution is 7.89. The molecule has 152 valence electrons. The van der Waals surface area contributed by atoms with Crippen LogP contribution >= 0.6 is 0 Å². The second kappa shape index (κ2) is 6.99. The first kappa shape index (κ1) is 18.6. The summed E-state index contributed by atoms with van der Waals surface area (Å²) in [5, 5.41) is 0. The van der Waals surface area contributed by atoms with Gasteiger partial charge in [0.2, 0.25) is 10.0 Å². The molecule has 0 fully saturated rings. The number of anilines is 1. The van der Waals surface area contributed by atoms with E-state index in [-0.39, 0.29) is 10.0 Å². The lowest BCUT2D eigenvalue weighted by atomic mass is 10.1. The van der Waals surface area contributed by atoms with E-state index in [4.69, 9.17) is 5.73 Å². The number of hydrogen-bond acceptors (Lipinski definition) is 6. The smallest absolute Gasteiger partial charge is 0.214 e. The van der Waals surface area contributed by atoms with Gasteiger partial charge in [0.25, 0.3) is 0 Å². The van der Waals surface area contributed by atoms with Crippen LogP contribution in [0.25, 0.3) is 28.1 Å². The second-order valence-electron chi connectivity index (χ2n) is 6.83. The van der Waals surface area contributed by atoms with Gasteiger partial charge in [0, 0.05) is 17.4 Å². The average molecular weight is 405 g/mol. The lowest BCUT2D eigenvalue weighted by Gasteiger charge is -2.25. The topological polar surface area (TPSA) is 118 Å². The number of fused-ring (bicyclic) bond motifs is 1. The summed E-state index contributed by atoms with van der Waals surface area (Å²) >= 11 is 0. The molecule has 2 aromatic heterocycles. The van der Waals surface area contributed by atoms with Crippen LogP contribution in [0.3, 0.4) is 0 Å². The molecule has 1 aliphatic heterocycles. The lowest BCUT2D eigenvalue weighted by Crippen LogP contribution is -2.35. The largest absolute Gasteiger partial charge is 0.382 e. The fourth-order valence-corrected chi connectivity index (χ4v) is 4.32. The Hall–Kier alpha value is -2.78. The van der Waals surface area contributed by atoms with Gasteiger partial charge in [-0.1, -0.05) is 12.1 Å². The molecule has 0 atom stereocenters. The molecule has 28 heavy (non-hydrogen) atoms. The molecule has 0 saturated heterocycles. The highest BCUT2D eigenvalue weighted by atomic mass is 32.2. The monoisotopic (exact) mass is 404 g/mol. The molecule has 3 aromatic rings. The molecule has 0 aliphatic carbocycles. The van der Waals surface area contributed by atoms with E-state index in [0.717, 1.165) is 22.2 Å². The predicted octanol–water partition coefficient (Wildman–Crippen LogP) is 3.09. The molecule has 0 unspecified atom stereocenters. The van der Waals surface area contributed by atoms with Crippen molar-refractivity contribution < 1.29 is 12.7 Å². The summed E-state index contributed by atoms with van der Waals surface area (Å²) in [6.45, 7) is 4.46. The minimum absolute atomic E-state index is 0. The van der Waals surface area contributed by atoms with Gasteiger partial charge < -0.3 is 10.7 Å². The third kappa shape index (κ3) is 3.38. The molecular weight excluding hydrogens is 376 g/mol. The van der Waals surface area contributed by atoms with Crippen molar-refractivity contribution in [3.05, 3.63) is 41.7 Å². The van der Waals surface area contributed by atoms with Crippen molar-refractivity contribution in [2.24, 2.45) is 0 Å². The van der Waals surface area contributed by atoms with Gasteiger partial charge in [0.15, 0.2) is 11.6 Å². The molecule has 3 heterocycles. The zero-order valence-corrected chi connectivity index (χ0v) is 16.6. The minimum Gasteiger partial charge on any atom is -0.382 e. The third-order valence-corrected chi connectivity index (χ3v) is 6.77. The fraction of sp³-hybridized carbons (Fsp3) is 0.316. The third-order valence-electron chi connectivity index (χ3n) is 4.92. The number of nitrogens with two attached hydrogens (primary N) is 1. The van der Waals surface area contributed by atoms with Gasteiger partial charge in [-0.15, -0.1) is 0 Å². The Morgan fingerprint density at radius 3 is 2.86 bits per heavy atom. The summed E-state index contributed by atoms with van der Waals surface area (Å²) in [7, 11) is -3.19. The summed E-state index contributed by atoms with van der Waals surface area (Å²) < 4.78 is 25.6. The number of benzene rings is 1. The summed E-state index contributed by atoms with van der Waals surface area (Å²) in [6.07, 6.45) is 4.10. The Labute approximate surface area is 168 Å². The molecule has 0 bridgehead atoms. The van der Waals surface area contributed by atoms with Gasteiger partial charge in [-0.05, 0) is 43.5 Å². The number of rotatable bonds is 4. The normalized spacial score (nSPS) is 15.7. The van der Waals surface area contributed by atoms with Crippen LogP contribution in [-0.4, -0.2) is 51.5 Å². The molecule has 0 radical (unpaired) electrons. The van der Waals surface area contributed by atoms with Gasteiger partial charge in [-0.25, -0.2) is 23.4 Å². The van der Waals surface area contributed by atoms with Crippen molar-refractivity contribution >= 4 is 32.4 Å². The number of sulfonamides is 1. The van der Waals surface area contributed by atoms with Gasteiger partial charge in [0.1, 0.15) is 5.69 Å². The van der Waals surface area contributed by atoms with Crippen molar-refractivity contribution in [1.29, 1.82) is 0 Å². The molecular formula is C19H28N6O2S. The standard InChI is InChI=1S/C19H22N6O2S.3H2/c1-3-28(26,27)25-8-6-13(7-9-25)16-11-21-18(20)17(22-16)19-23-14-5-4-12(2)10-15(14)24-19;;;/h4-6,10-11H,3,7-9H2,1-2H3,(H2,20,21)(H,23,24);3*1H. The van der Waals surface area contributed by atoms with Crippen LogP contribution in [0.15, 0.2) is 30.5 Å². The molecule has 8 nitrogen and oxygen atoms in total. The highest BCUT2D eigenvalue weighted by Gasteiger charge is 2.23. The van der Waals surface area contributed by atoms with Gasteiger partial charge in [0.05, 0.1) is 28.7 Å². The van der Waals surface area contributed by atoms with E-state index >= 15 is 0 Å². The van der Waals surface area contributed by atoms with Crippen LogP contribution in [0.2, 0.25) is 0 Å². The SMILES string of the molecule is CCS(=O)(=O)N1CC=C(c2cnc(N)c(-c3nc4ccc(C)cc4[nH]3)n2)CC1.[HH].[HH].[HH]. The minimum atomic E-state index is -3.19. The summed E-state index contributed by atoms with van der Waals surface area (Å²) in [4.78, 5) is 16.8. The highest BCUT2D eigenvalue weighted by Crippen LogP contribution is 2.27. The number of aromatic amines is 1. The number of hydrogen-bond donors (Lipinski definition) is 2. The number of nitrogens with one attached hydrogen (secondary N) is 1. The Morgan fingerprint density at radius 1 is 1.32 bits per heavy atom. The van der Waals surface area contributed by atoms with Crippen molar-refractivity contribution in [2.75, 3.05) is 24.6 Å². The molecule has 0 amide bonds. The Balaban J connectivity index is 0.00000160. The Kier molecular flexibility index (Phi) is 4.64. The molecule has 3 N–H and O–H groups in total. The molecule has 9 heteroatoms. The van der Waals surface area contributed by atoms with Crippen LogP contribution < -0.4 is 5.73 Å². The van der Waals surface area contributed by atoms with Crippen molar-refractivity contribution in [3.63, 3.8) is 0 Å². The quantitative estimate of drug-likeness (QED) is 0.690. The zero-order chi connectivity index (χ0) is 19.9. The second-order valence-corrected chi connectivity index (χ2v) is 9.09. The summed E-state index contributed by atoms with van der Waals surface area (Å²) in [5.41, 5.74) is 11.1. The van der Waals surface area contributed by atoms with Gasteiger partial charge in [-0.2, -0.15) is 4.31 Å². The fourth-order valence-electron chi connectivity index (χ4n) is 3.28. The predicted molar refractivity (Wildman–Crippen MR) is 116 cm³/mol. The number of aryl methyl sites for hydroxylation is 1. The van der Waals surface area contributed by atoms with Gasteiger partial charge in [-0.3, -0.25) is 0 Å². The van der Waals surface area contributed by atoms with Crippen LogP contribution in [0.5, 0.6) is 0 Å². The van der Waals surface area contributed by atoms with E-state index in [0.29, 0.717) is 42.5 Å². The van der Waals surface area contributed by atoms with Crippen molar-refractivity contribution in [1.82, 2.24) is 24.2 Å². The molecule has 0 spiro atoms. The molecule has 0 saturated carbocycles. The van der Waals surface area contributed by atoms with Crippen molar-refractivity contribution in [3.8, 4) is 11.5 Å². The van der Waals surface area contributed by atoms with E-state index in [1.54, 1.807) is 13.1 Å².